The number of hydrogen-bond acceptors (Lipinski definition) is 1. The third kappa shape index (κ3) is 15.6. The lowest BCUT2D eigenvalue weighted by atomic mass is 9.85. The lowest BCUT2D eigenvalue weighted by Gasteiger charge is -2.30. The van der Waals surface area contributed by atoms with Crippen LogP contribution in [0.2, 0.25) is 0 Å². The molecule has 0 nitrogen and oxygen atoms in total. The van der Waals surface area contributed by atoms with Crippen LogP contribution < -0.4 is 0 Å². The summed E-state index contributed by atoms with van der Waals surface area (Å²) in [6.07, 6.45) is 22.7. The van der Waals surface area contributed by atoms with Crippen LogP contribution in [0.3, 0.4) is 0 Å². The van der Waals surface area contributed by atoms with E-state index in [0.717, 1.165) is 5.92 Å². The molecule has 140 valence electrons. The number of unbranched alkanes of at least 4 members (excludes halogenated alkanes) is 12. The van der Waals surface area contributed by atoms with Gasteiger partial charge in [-0.3, -0.25) is 0 Å². The topological polar surface area (TPSA) is 0 Å². The largest absolute Gasteiger partial charge is 0.173 e. The van der Waals surface area contributed by atoms with Crippen LogP contribution in [0.4, 0.5) is 0 Å². The van der Waals surface area contributed by atoms with E-state index in [1.165, 1.54) is 103 Å². The second-order valence-corrected chi connectivity index (χ2v) is 9.32. The van der Waals surface area contributed by atoms with E-state index in [1.54, 1.807) is 0 Å². The Bertz CT molecular complexity index is 229. The lowest BCUT2D eigenvalue weighted by molar-refractivity contribution is 0.342. The molecule has 0 saturated carbocycles. The Balaban J connectivity index is 3.59. The molecule has 0 N–H and O–H groups in total. The maximum atomic E-state index is 4.87. The first kappa shape index (κ1) is 23.4. The quantitative estimate of drug-likeness (QED) is 0.198. The molecule has 1 atom stereocenters. The minimum atomic E-state index is 0.200. The van der Waals surface area contributed by atoms with Crippen LogP contribution >= 0.6 is 12.6 Å². The Morgan fingerprint density at radius 2 is 0.870 bits per heavy atom. The molecule has 0 rings (SSSR count). The van der Waals surface area contributed by atoms with Crippen LogP contribution in [0.5, 0.6) is 0 Å². The normalized spacial score (nSPS) is 13.4. The van der Waals surface area contributed by atoms with Gasteiger partial charge in [-0.15, -0.1) is 0 Å². The fraction of sp³-hybridized carbons (Fsp3) is 1.00. The molecule has 0 amide bonds. The monoisotopic (exact) mass is 342 g/mol. The average molecular weight is 343 g/mol. The summed E-state index contributed by atoms with van der Waals surface area (Å²) in [6, 6.07) is 0. The highest BCUT2D eigenvalue weighted by atomic mass is 32.1. The SMILES string of the molecule is CCCCCCCCCCCCC(CCCCCC)C(C)(C)S. The van der Waals surface area contributed by atoms with Gasteiger partial charge in [0.15, 0.2) is 0 Å². The van der Waals surface area contributed by atoms with Gasteiger partial charge in [0.1, 0.15) is 0 Å². The van der Waals surface area contributed by atoms with Gasteiger partial charge in [-0.05, 0) is 18.8 Å². The fourth-order valence-corrected chi connectivity index (χ4v) is 3.80. The molecule has 0 spiro atoms. The molecule has 1 unspecified atom stereocenters. The molecule has 23 heavy (non-hydrogen) atoms. The number of rotatable bonds is 17. The maximum Gasteiger partial charge on any atom is 0.0101 e. The first-order valence-corrected chi connectivity index (χ1v) is 11.2. The highest BCUT2D eigenvalue weighted by molar-refractivity contribution is 7.81. The summed E-state index contributed by atoms with van der Waals surface area (Å²) in [5.74, 6) is 0.803. The molecular weight excluding hydrogens is 296 g/mol. The van der Waals surface area contributed by atoms with Crippen molar-refractivity contribution < 1.29 is 0 Å². The van der Waals surface area contributed by atoms with Crippen molar-refractivity contribution in [1.82, 2.24) is 0 Å². The van der Waals surface area contributed by atoms with Crippen molar-refractivity contribution >= 4 is 12.6 Å². The van der Waals surface area contributed by atoms with E-state index in [0.29, 0.717) is 0 Å². The summed E-state index contributed by atoms with van der Waals surface area (Å²) in [5, 5.41) is 0. The third-order valence-corrected chi connectivity index (χ3v) is 5.68. The zero-order valence-electron chi connectivity index (χ0n) is 16.8. The summed E-state index contributed by atoms with van der Waals surface area (Å²) in [5.41, 5.74) is 0. The van der Waals surface area contributed by atoms with Gasteiger partial charge in [-0.25, -0.2) is 0 Å². The van der Waals surface area contributed by atoms with Gasteiger partial charge in [-0.2, -0.15) is 12.6 Å². The van der Waals surface area contributed by atoms with Crippen molar-refractivity contribution in [2.45, 2.75) is 135 Å². The van der Waals surface area contributed by atoms with E-state index in [1.807, 2.05) is 0 Å². The highest BCUT2D eigenvalue weighted by Gasteiger charge is 2.24. The molecule has 0 aromatic heterocycles. The molecule has 0 heterocycles. The standard InChI is InChI=1S/C22H46S/c1-5-7-9-11-12-13-14-15-16-18-20-21(22(3,4)23)19-17-10-8-6-2/h21,23H,5-20H2,1-4H3. The summed E-state index contributed by atoms with van der Waals surface area (Å²) < 4.78 is 0.200. The lowest BCUT2D eigenvalue weighted by Crippen LogP contribution is -2.24. The predicted molar refractivity (Wildman–Crippen MR) is 112 cm³/mol. The van der Waals surface area contributed by atoms with Gasteiger partial charge < -0.3 is 0 Å². The smallest absolute Gasteiger partial charge is 0.0101 e. The van der Waals surface area contributed by atoms with E-state index >= 15 is 0 Å². The molecule has 0 aromatic carbocycles. The molecule has 0 radical (unpaired) electrons. The van der Waals surface area contributed by atoms with Crippen molar-refractivity contribution in [3.63, 3.8) is 0 Å². The Labute approximate surface area is 154 Å². The zero-order chi connectivity index (χ0) is 17.4. The summed E-state index contributed by atoms with van der Waals surface area (Å²) in [7, 11) is 0. The zero-order valence-corrected chi connectivity index (χ0v) is 17.7. The molecule has 0 aliphatic carbocycles. The van der Waals surface area contributed by atoms with Crippen LogP contribution in [0.25, 0.3) is 0 Å². The molecule has 0 saturated heterocycles. The van der Waals surface area contributed by atoms with Gasteiger partial charge in [0.25, 0.3) is 0 Å². The van der Waals surface area contributed by atoms with Crippen molar-refractivity contribution in [3.05, 3.63) is 0 Å². The maximum absolute atomic E-state index is 4.87. The van der Waals surface area contributed by atoms with E-state index in [2.05, 4.69) is 27.7 Å². The van der Waals surface area contributed by atoms with Crippen molar-refractivity contribution in [1.29, 1.82) is 0 Å². The molecule has 0 aliphatic rings. The van der Waals surface area contributed by atoms with E-state index in [-0.39, 0.29) is 4.75 Å². The van der Waals surface area contributed by atoms with Crippen LogP contribution in [0.15, 0.2) is 0 Å². The molecular formula is C22H46S. The van der Waals surface area contributed by atoms with Crippen LogP contribution in [-0.2, 0) is 0 Å². The number of thiol groups is 1. The van der Waals surface area contributed by atoms with E-state index in [4.69, 9.17) is 12.6 Å². The van der Waals surface area contributed by atoms with Crippen LogP contribution in [0, 0.1) is 5.92 Å². The Hall–Kier alpha value is 0.350. The third-order valence-electron chi connectivity index (χ3n) is 5.31. The van der Waals surface area contributed by atoms with Crippen molar-refractivity contribution in [2.75, 3.05) is 0 Å². The molecule has 1 heteroatoms. The van der Waals surface area contributed by atoms with E-state index < -0.39 is 0 Å². The Morgan fingerprint density at radius 1 is 0.565 bits per heavy atom. The highest BCUT2D eigenvalue weighted by Crippen LogP contribution is 2.33. The minimum absolute atomic E-state index is 0.200. The second-order valence-electron chi connectivity index (χ2n) is 8.17. The van der Waals surface area contributed by atoms with Crippen LogP contribution in [-0.4, -0.2) is 4.75 Å². The van der Waals surface area contributed by atoms with Crippen molar-refractivity contribution in [2.24, 2.45) is 5.92 Å². The summed E-state index contributed by atoms with van der Waals surface area (Å²) in [4.78, 5) is 0. The van der Waals surface area contributed by atoms with Crippen molar-refractivity contribution in [3.8, 4) is 0 Å². The summed E-state index contributed by atoms with van der Waals surface area (Å²) >= 11 is 4.87. The first-order chi connectivity index (χ1) is 11.0. The van der Waals surface area contributed by atoms with Gasteiger partial charge in [0, 0.05) is 4.75 Å². The summed E-state index contributed by atoms with van der Waals surface area (Å²) in [6.45, 7) is 9.22. The van der Waals surface area contributed by atoms with E-state index in [9.17, 15) is 0 Å². The van der Waals surface area contributed by atoms with Crippen LogP contribution in [0.1, 0.15) is 130 Å². The fourth-order valence-electron chi connectivity index (χ4n) is 3.55. The minimum Gasteiger partial charge on any atom is -0.173 e. The predicted octanol–water partition coefficient (Wildman–Crippen LogP) is 8.59. The average Bonchev–Trinajstić information content (AvgIpc) is 2.50. The molecule has 0 bridgehead atoms. The second kappa shape index (κ2) is 15.9. The first-order valence-electron chi connectivity index (χ1n) is 10.7. The number of hydrogen-bond donors (Lipinski definition) is 1. The van der Waals surface area contributed by atoms with Gasteiger partial charge >= 0.3 is 0 Å². The Kier molecular flexibility index (Phi) is 16.1. The molecule has 0 aromatic rings. The molecule has 0 aliphatic heterocycles. The van der Waals surface area contributed by atoms with Gasteiger partial charge in [0.2, 0.25) is 0 Å². The molecule has 0 fully saturated rings. The Morgan fingerprint density at radius 3 is 1.22 bits per heavy atom. The van der Waals surface area contributed by atoms with Gasteiger partial charge in [0.05, 0.1) is 0 Å². The van der Waals surface area contributed by atoms with Gasteiger partial charge in [-0.1, -0.05) is 118 Å².